The Balaban J connectivity index is 3.58. The van der Waals surface area contributed by atoms with Gasteiger partial charge in [0.15, 0.2) is 0 Å². The molecule has 4 heteroatoms. The van der Waals surface area contributed by atoms with Gasteiger partial charge in [-0.25, -0.2) is 0 Å². The summed E-state index contributed by atoms with van der Waals surface area (Å²) in [5, 5.41) is 22.9. The molecule has 0 rings (SSSR count). The molecule has 0 fully saturated rings. The Labute approximate surface area is 316 Å². The monoisotopic (exact) mass is 708 g/mol. The van der Waals surface area contributed by atoms with Gasteiger partial charge in [-0.2, -0.15) is 0 Å². The van der Waals surface area contributed by atoms with Crippen molar-refractivity contribution >= 4 is 5.91 Å². The largest absolute Gasteiger partial charge is 0.394 e. The van der Waals surface area contributed by atoms with Crippen molar-refractivity contribution in [2.45, 2.75) is 199 Å². The number of aliphatic hydroxyl groups is 2. The van der Waals surface area contributed by atoms with Gasteiger partial charge < -0.3 is 15.5 Å². The van der Waals surface area contributed by atoms with E-state index in [0.29, 0.717) is 6.42 Å². The first kappa shape index (κ1) is 48.6. The lowest BCUT2D eigenvalue weighted by Crippen LogP contribution is -2.45. The van der Waals surface area contributed by atoms with Crippen LogP contribution in [0.25, 0.3) is 0 Å². The molecule has 0 bridgehead atoms. The summed E-state index contributed by atoms with van der Waals surface area (Å²) in [6.07, 6.45) is 61.2. The Morgan fingerprint density at radius 2 is 0.882 bits per heavy atom. The van der Waals surface area contributed by atoms with Crippen molar-refractivity contribution in [2.75, 3.05) is 6.61 Å². The zero-order chi connectivity index (χ0) is 37.1. The molecule has 0 aliphatic rings. The van der Waals surface area contributed by atoms with Crippen LogP contribution in [0.1, 0.15) is 187 Å². The van der Waals surface area contributed by atoms with Crippen LogP contribution in [-0.4, -0.2) is 34.9 Å². The zero-order valence-electron chi connectivity index (χ0n) is 33.3. The number of amides is 1. The minimum absolute atomic E-state index is 0.0842. The fraction of sp³-hybridized carbons (Fsp3) is 0.681. The molecule has 0 radical (unpaired) electrons. The van der Waals surface area contributed by atoms with Gasteiger partial charge in [0.25, 0.3) is 0 Å². The molecule has 0 heterocycles. The fourth-order valence-corrected chi connectivity index (χ4v) is 5.83. The van der Waals surface area contributed by atoms with Crippen molar-refractivity contribution in [3.05, 3.63) is 85.1 Å². The number of aliphatic hydroxyl groups excluding tert-OH is 2. The molecule has 0 aromatic carbocycles. The third kappa shape index (κ3) is 38.6. The molecular formula is C47H81NO3. The Kier molecular flexibility index (Phi) is 40.0. The fourth-order valence-electron chi connectivity index (χ4n) is 5.83. The number of carbonyl (C=O) groups excluding carboxylic acids is 1. The highest BCUT2D eigenvalue weighted by Crippen LogP contribution is 2.14. The molecular weight excluding hydrogens is 627 g/mol. The van der Waals surface area contributed by atoms with Gasteiger partial charge in [0.05, 0.1) is 18.8 Å². The average Bonchev–Trinajstić information content (AvgIpc) is 3.13. The molecule has 1 amide bonds. The van der Waals surface area contributed by atoms with Gasteiger partial charge >= 0.3 is 0 Å². The number of nitrogens with one attached hydrogen (secondary N) is 1. The lowest BCUT2D eigenvalue weighted by Gasteiger charge is -2.19. The van der Waals surface area contributed by atoms with Gasteiger partial charge in [0.1, 0.15) is 0 Å². The molecule has 0 spiro atoms. The van der Waals surface area contributed by atoms with E-state index in [1.165, 1.54) is 103 Å². The van der Waals surface area contributed by atoms with Crippen LogP contribution in [0.5, 0.6) is 0 Å². The third-order valence-corrected chi connectivity index (χ3v) is 9.09. The van der Waals surface area contributed by atoms with Gasteiger partial charge in [-0.1, -0.05) is 189 Å². The van der Waals surface area contributed by atoms with Crippen LogP contribution in [0, 0.1) is 0 Å². The van der Waals surface area contributed by atoms with Gasteiger partial charge in [-0.05, 0) is 77.0 Å². The Morgan fingerprint density at radius 1 is 0.490 bits per heavy atom. The van der Waals surface area contributed by atoms with E-state index < -0.39 is 12.1 Å². The highest BCUT2D eigenvalue weighted by molar-refractivity contribution is 5.76. The van der Waals surface area contributed by atoms with E-state index in [1.807, 2.05) is 6.08 Å². The summed E-state index contributed by atoms with van der Waals surface area (Å²) in [6.45, 7) is 4.12. The summed E-state index contributed by atoms with van der Waals surface area (Å²) in [5.74, 6) is -0.0842. The van der Waals surface area contributed by atoms with E-state index in [-0.39, 0.29) is 12.5 Å². The number of rotatable bonds is 37. The molecule has 0 saturated carbocycles. The van der Waals surface area contributed by atoms with Crippen molar-refractivity contribution in [2.24, 2.45) is 0 Å². The predicted octanol–water partition coefficient (Wildman–Crippen LogP) is 13.3. The van der Waals surface area contributed by atoms with Crippen LogP contribution in [0.3, 0.4) is 0 Å². The number of hydrogen-bond donors (Lipinski definition) is 3. The summed E-state index contributed by atoms with van der Waals surface area (Å²) < 4.78 is 0. The molecule has 2 unspecified atom stereocenters. The minimum Gasteiger partial charge on any atom is -0.394 e. The maximum Gasteiger partial charge on any atom is 0.220 e. The third-order valence-electron chi connectivity index (χ3n) is 9.09. The molecule has 0 aliphatic carbocycles. The Morgan fingerprint density at radius 3 is 1.37 bits per heavy atom. The highest BCUT2D eigenvalue weighted by atomic mass is 16.3. The second kappa shape index (κ2) is 42.0. The van der Waals surface area contributed by atoms with E-state index in [4.69, 9.17) is 0 Å². The molecule has 4 nitrogen and oxygen atoms in total. The van der Waals surface area contributed by atoms with Crippen molar-refractivity contribution < 1.29 is 15.0 Å². The van der Waals surface area contributed by atoms with Crippen molar-refractivity contribution in [1.29, 1.82) is 0 Å². The molecule has 0 saturated heterocycles. The van der Waals surface area contributed by atoms with E-state index in [2.05, 4.69) is 92.1 Å². The highest BCUT2D eigenvalue weighted by Gasteiger charge is 2.17. The predicted molar refractivity (Wildman–Crippen MR) is 225 cm³/mol. The normalized spacial score (nSPS) is 13.9. The topological polar surface area (TPSA) is 69.6 Å². The summed E-state index contributed by atoms with van der Waals surface area (Å²) in [7, 11) is 0. The number of unbranched alkanes of at least 4 members (excludes halogenated alkanes) is 18. The molecule has 0 aromatic heterocycles. The Bertz CT molecular complexity index is 941. The standard InChI is InChI=1S/C47H81NO3/c1-3-5-7-9-11-13-15-17-18-19-20-21-22-23-24-25-26-27-28-29-30-31-33-35-37-39-41-43-47(51)48-45(44-49)46(50)42-40-38-36-34-32-16-14-12-10-8-6-4-2/h5,7,10-13,17-18,20-21,32,34,40,42,45-46,49-50H,3-4,6,8-9,14-16,19,22-31,33,35-39,41,43-44H2,1-2H3,(H,48,51)/b7-5-,12-10+,13-11-,18-17-,21-20-,34-32+,42-40+. The SMILES string of the molecule is CC/C=C\C/C=C\C/C=C\C/C=C\CCCCCCCCCCCCCCCCC(=O)NC(CO)C(O)/C=C/CC/C=C/CC/C=C/CCCC. The quantitative estimate of drug-likeness (QED) is 0.0445. The second-order valence-corrected chi connectivity index (χ2v) is 14.0. The van der Waals surface area contributed by atoms with Gasteiger partial charge in [-0.15, -0.1) is 0 Å². The van der Waals surface area contributed by atoms with Gasteiger partial charge in [-0.3, -0.25) is 4.79 Å². The molecule has 292 valence electrons. The summed E-state index contributed by atoms with van der Waals surface area (Å²) in [5.41, 5.74) is 0. The number of allylic oxidation sites excluding steroid dienone is 13. The van der Waals surface area contributed by atoms with Gasteiger partial charge in [0, 0.05) is 6.42 Å². The van der Waals surface area contributed by atoms with E-state index in [1.54, 1.807) is 6.08 Å². The first-order valence-electron chi connectivity index (χ1n) is 21.3. The lowest BCUT2D eigenvalue weighted by atomic mass is 10.0. The second-order valence-electron chi connectivity index (χ2n) is 14.0. The van der Waals surface area contributed by atoms with E-state index >= 15 is 0 Å². The van der Waals surface area contributed by atoms with Crippen LogP contribution < -0.4 is 5.32 Å². The van der Waals surface area contributed by atoms with Crippen molar-refractivity contribution in [1.82, 2.24) is 5.32 Å². The van der Waals surface area contributed by atoms with Crippen LogP contribution in [0.2, 0.25) is 0 Å². The first-order valence-corrected chi connectivity index (χ1v) is 21.3. The van der Waals surface area contributed by atoms with Crippen LogP contribution in [0.4, 0.5) is 0 Å². The van der Waals surface area contributed by atoms with E-state index in [0.717, 1.165) is 64.2 Å². The molecule has 0 aromatic rings. The smallest absolute Gasteiger partial charge is 0.220 e. The average molecular weight is 708 g/mol. The van der Waals surface area contributed by atoms with Crippen molar-refractivity contribution in [3.63, 3.8) is 0 Å². The lowest BCUT2D eigenvalue weighted by molar-refractivity contribution is -0.123. The van der Waals surface area contributed by atoms with Crippen LogP contribution in [-0.2, 0) is 4.79 Å². The summed E-state index contributed by atoms with van der Waals surface area (Å²) in [4.78, 5) is 12.4. The molecule has 2 atom stereocenters. The molecule has 0 aliphatic heterocycles. The minimum atomic E-state index is -0.872. The number of carbonyl (C=O) groups is 1. The van der Waals surface area contributed by atoms with Crippen LogP contribution >= 0.6 is 0 Å². The summed E-state index contributed by atoms with van der Waals surface area (Å²) >= 11 is 0. The summed E-state index contributed by atoms with van der Waals surface area (Å²) in [6, 6.07) is -0.648. The maximum atomic E-state index is 12.4. The first-order chi connectivity index (χ1) is 25.2. The van der Waals surface area contributed by atoms with Crippen molar-refractivity contribution in [3.8, 4) is 0 Å². The van der Waals surface area contributed by atoms with Gasteiger partial charge in [0.2, 0.25) is 5.91 Å². The molecule has 3 N–H and O–H groups in total. The molecule has 51 heavy (non-hydrogen) atoms. The zero-order valence-corrected chi connectivity index (χ0v) is 33.3. The Hall–Kier alpha value is -2.43. The maximum absolute atomic E-state index is 12.4. The number of hydrogen-bond acceptors (Lipinski definition) is 3. The van der Waals surface area contributed by atoms with Crippen LogP contribution in [0.15, 0.2) is 85.1 Å². The van der Waals surface area contributed by atoms with E-state index in [9.17, 15) is 15.0 Å².